The van der Waals surface area contributed by atoms with Gasteiger partial charge in [-0.3, -0.25) is 0 Å². The van der Waals surface area contributed by atoms with E-state index in [1.54, 1.807) is 11.8 Å². The Bertz CT molecular complexity index is 133. The van der Waals surface area contributed by atoms with E-state index in [0.717, 1.165) is 5.75 Å². The van der Waals surface area contributed by atoms with Crippen molar-refractivity contribution in [3.05, 3.63) is 11.5 Å². The number of thioether (sulfide) groups is 1. The average molecular weight is 143 g/mol. The lowest BCUT2D eigenvalue weighted by Gasteiger charge is -1.76. The number of rotatable bonds is 0. The standard InChI is InChI=1S/C5H5NS2/c7-5-1-3-8-4-2-6-5/h1-3H,4H2. The SMILES string of the molecule is S=C1C=CSCC=N1. The van der Waals surface area contributed by atoms with E-state index in [-0.39, 0.29) is 0 Å². The van der Waals surface area contributed by atoms with Crippen LogP contribution in [-0.4, -0.2) is 17.0 Å². The highest BCUT2D eigenvalue weighted by atomic mass is 32.2. The molecule has 0 aromatic carbocycles. The average Bonchev–Trinajstić information content (AvgIpc) is 1.94. The topological polar surface area (TPSA) is 12.4 Å². The second-order valence-corrected chi connectivity index (χ2v) is 2.64. The maximum absolute atomic E-state index is 4.79. The van der Waals surface area contributed by atoms with E-state index < -0.39 is 0 Å². The summed E-state index contributed by atoms with van der Waals surface area (Å²) in [7, 11) is 0. The normalized spacial score (nSPS) is 18.8. The molecular weight excluding hydrogens is 138 g/mol. The molecule has 0 fully saturated rings. The molecule has 1 nitrogen and oxygen atoms in total. The lowest BCUT2D eigenvalue weighted by Crippen LogP contribution is -1.80. The van der Waals surface area contributed by atoms with Gasteiger partial charge in [-0.05, 0) is 11.5 Å². The third kappa shape index (κ3) is 1.76. The molecule has 1 aliphatic rings. The Balaban J connectivity index is 2.64. The van der Waals surface area contributed by atoms with E-state index >= 15 is 0 Å². The van der Waals surface area contributed by atoms with Crippen LogP contribution in [-0.2, 0) is 0 Å². The van der Waals surface area contributed by atoms with Crippen molar-refractivity contribution in [3.63, 3.8) is 0 Å². The molecule has 0 aromatic rings. The van der Waals surface area contributed by atoms with E-state index in [1.807, 2.05) is 17.7 Å². The Labute approximate surface area is 57.9 Å². The molecule has 3 heteroatoms. The number of nitrogens with zero attached hydrogens (tertiary/aromatic N) is 1. The molecule has 0 bridgehead atoms. The fourth-order valence-electron chi connectivity index (χ4n) is 0.375. The van der Waals surface area contributed by atoms with Crippen LogP contribution in [0.3, 0.4) is 0 Å². The van der Waals surface area contributed by atoms with E-state index in [2.05, 4.69) is 4.99 Å². The van der Waals surface area contributed by atoms with Crippen molar-refractivity contribution in [2.24, 2.45) is 4.99 Å². The second kappa shape index (κ2) is 2.99. The Morgan fingerprint density at radius 1 is 1.75 bits per heavy atom. The molecule has 1 aliphatic heterocycles. The van der Waals surface area contributed by atoms with E-state index in [1.165, 1.54) is 0 Å². The van der Waals surface area contributed by atoms with Gasteiger partial charge in [0.2, 0.25) is 0 Å². The minimum Gasteiger partial charge on any atom is -0.249 e. The van der Waals surface area contributed by atoms with Gasteiger partial charge in [0, 0.05) is 12.0 Å². The van der Waals surface area contributed by atoms with Crippen LogP contribution in [0.4, 0.5) is 0 Å². The minimum absolute atomic E-state index is 0.676. The fourth-order valence-corrected chi connectivity index (χ4v) is 1.10. The van der Waals surface area contributed by atoms with Crippen molar-refractivity contribution in [1.82, 2.24) is 0 Å². The van der Waals surface area contributed by atoms with E-state index in [4.69, 9.17) is 12.2 Å². The van der Waals surface area contributed by atoms with Crippen molar-refractivity contribution in [3.8, 4) is 0 Å². The smallest absolute Gasteiger partial charge is 0.126 e. The summed E-state index contributed by atoms with van der Waals surface area (Å²) in [5.74, 6) is 0.941. The maximum atomic E-state index is 4.79. The molecular formula is C5H5NS2. The van der Waals surface area contributed by atoms with Gasteiger partial charge in [-0.2, -0.15) is 0 Å². The first-order valence-electron chi connectivity index (χ1n) is 2.24. The van der Waals surface area contributed by atoms with Gasteiger partial charge >= 0.3 is 0 Å². The van der Waals surface area contributed by atoms with Crippen LogP contribution in [0.15, 0.2) is 16.5 Å². The first-order valence-corrected chi connectivity index (χ1v) is 3.70. The number of thiocarbonyl (C=S) groups is 1. The maximum Gasteiger partial charge on any atom is 0.126 e. The van der Waals surface area contributed by atoms with Gasteiger partial charge in [0.15, 0.2) is 0 Å². The van der Waals surface area contributed by atoms with Gasteiger partial charge in [-0.15, -0.1) is 11.8 Å². The molecule has 1 heterocycles. The first kappa shape index (κ1) is 5.98. The van der Waals surface area contributed by atoms with Crippen molar-refractivity contribution in [2.45, 2.75) is 0 Å². The van der Waals surface area contributed by atoms with Gasteiger partial charge in [-0.25, -0.2) is 4.99 Å². The van der Waals surface area contributed by atoms with Gasteiger partial charge in [-0.1, -0.05) is 12.2 Å². The van der Waals surface area contributed by atoms with Gasteiger partial charge in [0.05, 0.1) is 0 Å². The highest BCUT2D eigenvalue weighted by molar-refractivity contribution is 8.02. The lowest BCUT2D eigenvalue weighted by atomic mass is 10.6. The summed E-state index contributed by atoms with van der Waals surface area (Å²) in [6, 6.07) is 0. The molecule has 8 heavy (non-hydrogen) atoms. The third-order valence-corrected chi connectivity index (χ3v) is 1.61. The highest BCUT2D eigenvalue weighted by Crippen LogP contribution is 2.03. The molecule has 1 rings (SSSR count). The minimum atomic E-state index is 0.676. The lowest BCUT2D eigenvalue weighted by molar-refractivity contribution is 1.78. The molecule has 0 radical (unpaired) electrons. The zero-order valence-corrected chi connectivity index (χ0v) is 5.84. The highest BCUT2D eigenvalue weighted by Gasteiger charge is 1.87. The summed E-state index contributed by atoms with van der Waals surface area (Å²) in [5.41, 5.74) is 0. The molecule has 0 aliphatic carbocycles. The summed E-state index contributed by atoms with van der Waals surface area (Å²) in [6.45, 7) is 0. The van der Waals surface area contributed by atoms with Crippen molar-refractivity contribution in [1.29, 1.82) is 0 Å². The summed E-state index contributed by atoms with van der Waals surface area (Å²) in [5, 5.41) is 1.97. The molecule has 0 amide bonds. The molecule has 0 saturated carbocycles. The molecule has 0 spiro atoms. The largest absolute Gasteiger partial charge is 0.249 e. The van der Waals surface area contributed by atoms with Crippen LogP contribution in [0.25, 0.3) is 0 Å². The number of aliphatic imine (C=N–C) groups is 1. The first-order chi connectivity index (χ1) is 3.89. The molecule has 0 atom stereocenters. The quantitative estimate of drug-likeness (QED) is 0.478. The summed E-state index contributed by atoms with van der Waals surface area (Å²) < 4.78 is 0. The van der Waals surface area contributed by atoms with Crippen LogP contribution in [0.1, 0.15) is 0 Å². The predicted molar refractivity (Wildman–Crippen MR) is 42.7 cm³/mol. The van der Waals surface area contributed by atoms with Crippen LogP contribution < -0.4 is 0 Å². The zero-order chi connectivity index (χ0) is 5.82. The molecule has 42 valence electrons. The Morgan fingerprint density at radius 3 is 3.50 bits per heavy atom. The Morgan fingerprint density at radius 2 is 2.62 bits per heavy atom. The van der Waals surface area contributed by atoms with Crippen molar-refractivity contribution in [2.75, 3.05) is 5.75 Å². The zero-order valence-electron chi connectivity index (χ0n) is 4.20. The fraction of sp³-hybridized carbons (Fsp3) is 0.200. The van der Waals surface area contributed by atoms with Crippen LogP contribution >= 0.6 is 24.0 Å². The van der Waals surface area contributed by atoms with Crippen LogP contribution in [0, 0.1) is 0 Å². The van der Waals surface area contributed by atoms with Gasteiger partial charge < -0.3 is 0 Å². The molecule has 0 N–H and O–H groups in total. The van der Waals surface area contributed by atoms with E-state index in [9.17, 15) is 0 Å². The van der Waals surface area contributed by atoms with Gasteiger partial charge in [0.25, 0.3) is 0 Å². The number of hydrogen-bond acceptors (Lipinski definition) is 2. The summed E-state index contributed by atoms with van der Waals surface area (Å²) in [6.07, 6.45) is 3.66. The predicted octanol–water partition coefficient (Wildman–Crippen LogP) is 1.65. The summed E-state index contributed by atoms with van der Waals surface area (Å²) >= 11 is 6.50. The van der Waals surface area contributed by atoms with Crippen molar-refractivity contribution < 1.29 is 0 Å². The van der Waals surface area contributed by atoms with Crippen LogP contribution in [0.2, 0.25) is 0 Å². The van der Waals surface area contributed by atoms with Crippen molar-refractivity contribution >= 4 is 35.2 Å². The number of hydrogen-bond donors (Lipinski definition) is 0. The molecule has 0 unspecified atom stereocenters. The third-order valence-electron chi connectivity index (χ3n) is 0.696. The van der Waals surface area contributed by atoms with Crippen LogP contribution in [0.5, 0.6) is 0 Å². The monoisotopic (exact) mass is 143 g/mol. The molecule has 0 saturated heterocycles. The van der Waals surface area contributed by atoms with E-state index in [0.29, 0.717) is 4.99 Å². The summed E-state index contributed by atoms with van der Waals surface area (Å²) in [4.78, 5) is 4.60. The molecule has 0 aromatic heterocycles. The second-order valence-electron chi connectivity index (χ2n) is 1.29. The Kier molecular flexibility index (Phi) is 2.24. The van der Waals surface area contributed by atoms with Gasteiger partial charge in [0.1, 0.15) is 4.99 Å². The Hall–Kier alpha value is -0.150.